The summed E-state index contributed by atoms with van der Waals surface area (Å²) in [5.74, 6) is 0. The molecule has 0 spiro atoms. The Hall–Kier alpha value is -0.870. The highest BCUT2D eigenvalue weighted by Gasteiger charge is 2.12. The number of nitrogens with two attached hydrogens (primary N) is 1. The molecular weight excluding hydrogens is 266 g/mol. The second-order valence-corrected chi connectivity index (χ2v) is 5.10. The Morgan fingerprint density at radius 1 is 1.44 bits per heavy atom. The van der Waals surface area contributed by atoms with Crippen LogP contribution in [-0.4, -0.2) is 16.3 Å². The lowest BCUT2D eigenvalue weighted by Crippen LogP contribution is -2.12. The maximum Gasteiger partial charge on any atom is 0.0937 e. The van der Waals surface area contributed by atoms with E-state index < -0.39 is 0 Å². The molecule has 86 valence electrons. The van der Waals surface area contributed by atoms with Crippen LogP contribution >= 0.6 is 15.9 Å². The quantitative estimate of drug-likeness (QED) is 0.940. The number of benzene rings is 1. The zero-order chi connectivity index (χ0) is 11.7. The number of rotatable bonds is 3. The fourth-order valence-electron chi connectivity index (χ4n) is 1.94. The van der Waals surface area contributed by atoms with E-state index in [9.17, 15) is 0 Å². The van der Waals surface area contributed by atoms with Gasteiger partial charge in [-0.05, 0) is 38.6 Å². The van der Waals surface area contributed by atoms with Gasteiger partial charge in [-0.25, -0.2) is 0 Å². The molecule has 0 amide bonds. The predicted molar refractivity (Wildman–Crippen MR) is 70.6 cm³/mol. The summed E-state index contributed by atoms with van der Waals surface area (Å²) < 4.78 is 3.14. The predicted octanol–water partition coefficient (Wildman–Crippen LogP) is 2.88. The third-order valence-electron chi connectivity index (χ3n) is 2.63. The molecule has 0 aliphatic rings. The first kappa shape index (κ1) is 11.6. The Morgan fingerprint density at radius 3 is 2.81 bits per heavy atom. The molecule has 1 aromatic carbocycles. The number of halogens is 1. The van der Waals surface area contributed by atoms with E-state index in [-0.39, 0.29) is 0 Å². The standard InChI is InChI=1S/C12H16BrN3/c1-8(2)16-12(5-6-14)10-4-3-9(13)7-11(10)15-16/h3-4,7-8H,5-6,14H2,1-2H3. The third kappa shape index (κ3) is 1.99. The summed E-state index contributed by atoms with van der Waals surface area (Å²) in [6.07, 6.45) is 0.871. The Bertz CT molecular complexity index is 502. The Labute approximate surface area is 104 Å². The van der Waals surface area contributed by atoms with Crippen LogP contribution in [0.15, 0.2) is 22.7 Å². The van der Waals surface area contributed by atoms with Crippen LogP contribution in [0.4, 0.5) is 0 Å². The molecule has 0 saturated heterocycles. The number of fused-ring (bicyclic) bond motifs is 1. The van der Waals surface area contributed by atoms with Gasteiger partial charge in [0.25, 0.3) is 0 Å². The third-order valence-corrected chi connectivity index (χ3v) is 3.13. The monoisotopic (exact) mass is 281 g/mol. The Balaban J connectivity index is 2.65. The van der Waals surface area contributed by atoms with Crippen molar-refractivity contribution in [1.29, 1.82) is 0 Å². The lowest BCUT2D eigenvalue weighted by atomic mass is 10.1. The molecule has 0 unspecified atom stereocenters. The average Bonchev–Trinajstić information content (AvgIpc) is 2.57. The maximum absolute atomic E-state index is 5.66. The van der Waals surface area contributed by atoms with Gasteiger partial charge in [0.1, 0.15) is 0 Å². The van der Waals surface area contributed by atoms with Gasteiger partial charge < -0.3 is 5.73 Å². The molecular formula is C12H16BrN3. The zero-order valence-corrected chi connectivity index (χ0v) is 11.2. The van der Waals surface area contributed by atoms with E-state index >= 15 is 0 Å². The minimum Gasteiger partial charge on any atom is -0.330 e. The van der Waals surface area contributed by atoms with Gasteiger partial charge in [0.2, 0.25) is 0 Å². The van der Waals surface area contributed by atoms with Crippen molar-refractivity contribution in [3.05, 3.63) is 28.4 Å². The van der Waals surface area contributed by atoms with Crippen LogP contribution in [0.5, 0.6) is 0 Å². The fraction of sp³-hybridized carbons (Fsp3) is 0.417. The van der Waals surface area contributed by atoms with Crippen LogP contribution in [0, 0.1) is 0 Å². The lowest BCUT2D eigenvalue weighted by Gasteiger charge is -2.10. The Morgan fingerprint density at radius 2 is 2.19 bits per heavy atom. The molecule has 16 heavy (non-hydrogen) atoms. The van der Waals surface area contributed by atoms with Gasteiger partial charge in [-0.3, -0.25) is 4.68 Å². The van der Waals surface area contributed by atoms with Gasteiger partial charge in [0.05, 0.1) is 5.52 Å². The van der Waals surface area contributed by atoms with Crippen molar-refractivity contribution in [2.75, 3.05) is 6.54 Å². The Kier molecular flexibility index (Phi) is 3.30. The highest BCUT2D eigenvalue weighted by Crippen LogP contribution is 2.24. The SMILES string of the molecule is CC(C)n1nc2cc(Br)ccc2c1CCN. The molecule has 0 atom stereocenters. The topological polar surface area (TPSA) is 43.8 Å². The molecule has 0 radical (unpaired) electrons. The molecule has 0 aliphatic carbocycles. The van der Waals surface area contributed by atoms with Crippen molar-refractivity contribution in [2.45, 2.75) is 26.3 Å². The summed E-state index contributed by atoms with van der Waals surface area (Å²) in [4.78, 5) is 0. The summed E-state index contributed by atoms with van der Waals surface area (Å²) in [6, 6.07) is 6.58. The molecule has 0 bridgehead atoms. The molecule has 1 aromatic heterocycles. The molecule has 0 saturated carbocycles. The second kappa shape index (κ2) is 4.55. The number of nitrogens with zero attached hydrogens (tertiary/aromatic N) is 2. The van der Waals surface area contributed by atoms with Gasteiger partial charge in [-0.1, -0.05) is 15.9 Å². The van der Waals surface area contributed by atoms with Gasteiger partial charge in [-0.2, -0.15) is 5.10 Å². The van der Waals surface area contributed by atoms with Gasteiger partial charge in [-0.15, -0.1) is 0 Å². The number of hydrogen-bond donors (Lipinski definition) is 1. The van der Waals surface area contributed by atoms with E-state index in [0.29, 0.717) is 12.6 Å². The molecule has 2 aromatic rings. The molecule has 1 heterocycles. The van der Waals surface area contributed by atoms with Crippen LogP contribution in [0.25, 0.3) is 10.9 Å². The summed E-state index contributed by atoms with van der Waals surface area (Å²) in [5.41, 5.74) is 7.93. The second-order valence-electron chi connectivity index (χ2n) is 4.19. The van der Waals surface area contributed by atoms with Crippen LogP contribution in [0.2, 0.25) is 0 Å². The first-order chi connectivity index (χ1) is 7.63. The van der Waals surface area contributed by atoms with Crippen molar-refractivity contribution >= 4 is 26.8 Å². The maximum atomic E-state index is 5.66. The number of aromatic nitrogens is 2. The molecule has 2 N–H and O–H groups in total. The van der Waals surface area contributed by atoms with E-state index in [1.807, 2.05) is 6.07 Å². The average molecular weight is 282 g/mol. The van der Waals surface area contributed by atoms with Crippen molar-refractivity contribution in [3.63, 3.8) is 0 Å². The minimum atomic E-state index is 0.368. The highest BCUT2D eigenvalue weighted by atomic mass is 79.9. The van der Waals surface area contributed by atoms with E-state index in [1.165, 1.54) is 11.1 Å². The summed E-state index contributed by atoms with van der Waals surface area (Å²) in [5, 5.41) is 5.83. The van der Waals surface area contributed by atoms with Crippen molar-refractivity contribution < 1.29 is 0 Å². The van der Waals surface area contributed by atoms with E-state index in [1.54, 1.807) is 0 Å². The first-order valence-corrected chi connectivity index (χ1v) is 6.29. The van der Waals surface area contributed by atoms with Gasteiger partial charge in [0, 0.05) is 28.0 Å². The molecule has 4 heteroatoms. The van der Waals surface area contributed by atoms with Gasteiger partial charge in [0.15, 0.2) is 0 Å². The van der Waals surface area contributed by atoms with Crippen LogP contribution < -0.4 is 5.73 Å². The molecule has 0 fully saturated rings. The number of hydrogen-bond acceptors (Lipinski definition) is 2. The van der Waals surface area contributed by atoms with Crippen molar-refractivity contribution in [3.8, 4) is 0 Å². The minimum absolute atomic E-state index is 0.368. The van der Waals surface area contributed by atoms with Crippen LogP contribution in [-0.2, 0) is 6.42 Å². The first-order valence-electron chi connectivity index (χ1n) is 5.50. The summed E-state index contributed by atoms with van der Waals surface area (Å²) in [6.45, 7) is 4.94. The van der Waals surface area contributed by atoms with Crippen LogP contribution in [0.3, 0.4) is 0 Å². The smallest absolute Gasteiger partial charge is 0.0937 e. The zero-order valence-electron chi connectivity index (χ0n) is 9.57. The fourth-order valence-corrected chi connectivity index (χ4v) is 2.29. The summed E-state index contributed by atoms with van der Waals surface area (Å²) >= 11 is 3.47. The van der Waals surface area contributed by atoms with Crippen molar-refractivity contribution in [2.24, 2.45) is 5.73 Å². The largest absolute Gasteiger partial charge is 0.330 e. The summed E-state index contributed by atoms with van der Waals surface area (Å²) in [7, 11) is 0. The van der Waals surface area contributed by atoms with Crippen molar-refractivity contribution in [1.82, 2.24) is 9.78 Å². The van der Waals surface area contributed by atoms with Gasteiger partial charge >= 0.3 is 0 Å². The van der Waals surface area contributed by atoms with E-state index in [2.05, 4.69) is 51.7 Å². The highest BCUT2D eigenvalue weighted by molar-refractivity contribution is 9.10. The molecule has 3 nitrogen and oxygen atoms in total. The lowest BCUT2D eigenvalue weighted by molar-refractivity contribution is 0.514. The van der Waals surface area contributed by atoms with E-state index in [4.69, 9.17) is 5.73 Å². The normalized spacial score (nSPS) is 11.6. The molecule has 0 aliphatic heterocycles. The van der Waals surface area contributed by atoms with Crippen LogP contribution in [0.1, 0.15) is 25.6 Å². The molecule has 2 rings (SSSR count). The van der Waals surface area contributed by atoms with E-state index in [0.717, 1.165) is 16.4 Å².